The maximum absolute atomic E-state index is 7.37. The Balaban J connectivity index is 1.11. The first kappa shape index (κ1) is 38.3. The SMILES string of the molecule is CC(C)(C)c1ccc2c(c1)C1(c3cc(C(C)(C)C)ccc3-2)c2ccccc2N(c2ccc3c(c2)[Si]2(c4ccccc4-c4ccccc42)c2ccccc2-3)c2c1ccc1c2OC2C=CC=CC12. The minimum Gasteiger partial charge on any atom is -0.483 e. The normalized spacial score (nSPS) is 18.7. The van der Waals surface area contributed by atoms with Crippen LogP contribution < -0.4 is 30.4 Å². The number of benzene rings is 8. The van der Waals surface area contributed by atoms with Crippen LogP contribution >= 0.6 is 0 Å². The monoisotopic (exact) mass is 865 g/mol. The van der Waals surface area contributed by atoms with E-state index < -0.39 is 13.5 Å². The smallest absolute Gasteiger partial charge is 0.182 e. The van der Waals surface area contributed by atoms with E-state index in [1.165, 1.54) is 104 Å². The van der Waals surface area contributed by atoms with Crippen molar-refractivity contribution < 1.29 is 4.74 Å². The largest absolute Gasteiger partial charge is 0.483 e. The Morgan fingerprint density at radius 2 is 1.00 bits per heavy atom. The quantitative estimate of drug-likeness (QED) is 0.152. The molecule has 0 radical (unpaired) electrons. The zero-order valence-electron chi connectivity index (χ0n) is 38.4. The van der Waals surface area contributed by atoms with Gasteiger partial charge in [0.2, 0.25) is 0 Å². The van der Waals surface area contributed by atoms with Gasteiger partial charge in [-0.15, -0.1) is 0 Å². The van der Waals surface area contributed by atoms with Crippen LogP contribution in [0.25, 0.3) is 33.4 Å². The van der Waals surface area contributed by atoms with E-state index in [4.69, 9.17) is 4.74 Å². The lowest BCUT2D eigenvalue weighted by Crippen LogP contribution is -2.70. The van der Waals surface area contributed by atoms with E-state index in [0.29, 0.717) is 0 Å². The summed E-state index contributed by atoms with van der Waals surface area (Å²) in [6, 6.07) is 64.2. The van der Waals surface area contributed by atoms with Crippen molar-refractivity contribution in [3.05, 3.63) is 227 Å². The third kappa shape index (κ3) is 4.66. The second-order valence-corrected chi connectivity index (χ2v) is 25.2. The lowest BCUT2D eigenvalue weighted by Gasteiger charge is -2.46. The molecule has 2 spiro atoms. The zero-order valence-corrected chi connectivity index (χ0v) is 39.4. The molecule has 0 fully saturated rings. The summed E-state index contributed by atoms with van der Waals surface area (Å²) in [4.78, 5) is 2.61. The van der Waals surface area contributed by atoms with Gasteiger partial charge < -0.3 is 9.64 Å². The molecule has 14 rings (SSSR count). The van der Waals surface area contributed by atoms with Crippen LogP contribution in [0.4, 0.5) is 17.1 Å². The first-order valence-corrected chi connectivity index (χ1v) is 25.8. The Labute approximate surface area is 389 Å². The van der Waals surface area contributed by atoms with Crippen molar-refractivity contribution in [3.63, 3.8) is 0 Å². The Morgan fingerprint density at radius 3 is 1.61 bits per heavy atom. The van der Waals surface area contributed by atoms with Crippen molar-refractivity contribution in [1.29, 1.82) is 0 Å². The molecule has 0 bridgehead atoms. The molecule has 0 N–H and O–H groups in total. The highest BCUT2D eigenvalue weighted by Gasteiger charge is 2.57. The van der Waals surface area contributed by atoms with Gasteiger partial charge in [0.1, 0.15) is 11.9 Å². The number of anilines is 3. The number of rotatable bonds is 1. The molecule has 0 saturated carbocycles. The predicted molar refractivity (Wildman–Crippen MR) is 276 cm³/mol. The van der Waals surface area contributed by atoms with E-state index in [-0.39, 0.29) is 22.9 Å². The molecule has 66 heavy (non-hydrogen) atoms. The number of para-hydroxylation sites is 1. The maximum atomic E-state index is 7.37. The third-order valence-electron chi connectivity index (χ3n) is 16.1. The van der Waals surface area contributed by atoms with Crippen LogP contribution in [0.2, 0.25) is 0 Å². The third-order valence-corrected chi connectivity index (χ3v) is 21.1. The average molecular weight is 866 g/mol. The van der Waals surface area contributed by atoms with Crippen LogP contribution in [0.3, 0.4) is 0 Å². The van der Waals surface area contributed by atoms with Gasteiger partial charge in [0.25, 0.3) is 0 Å². The molecule has 3 heteroatoms. The fourth-order valence-corrected chi connectivity index (χ4v) is 18.8. The van der Waals surface area contributed by atoms with Crippen LogP contribution in [-0.4, -0.2) is 14.2 Å². The minimum atomic E-state index is -2.73. The highest BCUT2D eigenvalue weighted by atomic mass is 28.3. The van der Waals surface area contributed by atoms with E-state index in [1.54, 1.807) is 0 Å². The van der Waals surface area contributed by atoms with Gasteiger partial charge in [-0.3, -0.25) is 0 Å². The molecule has 0 saturated heterocycles. The highest BCUT2D eigenvalue weighted by Crippen LogP contribution is 2.67. The van der Waals surface area contributed by atoms with Crippen molar-refractivity contribution in [1.82, 2.24) is 0 Å². The van der Waals surface area contributed by atoms with E-state index in [2.05, 4.69) is 235 Å². The van der Waals surface area contributed by atoms with Crippen LogP contribution in [0.15, 0.2) is 188 Å². The van der Waals surface area contributed by atoms with Crippen LogP contribution in [0, 0.1) is 0 Å². The number of nitrogens with zero attached hydrogens (tertiary/aromatic N) is 1. The lowest BCUT2D eigenvalue weighted by atomic mass is 9.63. The Bertz CT molecular complexity index is 3390. The molecular weight excluding hydrogens is 815 g/mol. The molecular formula is C63H51NOSi. The number of ether oxygens (including phenoxy) is 1. The molecule has 2 atom stereocenters. The minimum absolute atomic E-state index is 0.0423. The van der Waals surface area contributed by atoms with Crippen molar-refractivity contribution in [2.75, 3.05) is 4.90 Å². The van der Waals surface area contributed by atoms with Crippen LogP contribution in [0.5, 0.6) is 5.75 Å². The lowest BCUT2D eigenvalue weighted by molar-refractivity contribution is 0.269. The van der Waals surface area contributed by atoms with Crippen molar-refractivity contribution in [2.24, 2.45) is 0 Å². The Hall–Kier alpha value is -6.94. The zero-order chi connectivity index (χ0) is 44.5. The molecule has 6 aliphatic rings. The molecule has 0 amide bonds. The summed E-state index contributed by atoms with van der Waals surface area (Å²) >= 11 is 0. The molecule has 8 aromatic rings. The molecule has 8 aromatic carbocycles. The predicted octanol–water partition coefficient (Wildman–Crippen LogP) is 12.7. The second kappa shape index (κ2) is 12.9. The summed E-state index contributed by atoms with van der Waals surface area (Å²) in [6.45, 7) is 14.1. The number of allylic oxidation sites excluding steroid dienone is 2. The molecule has 2 aliphatic carbocycles. The highest BCUT2D eigenvalue weighted by molar-refractivity contribution is 7.24. The van der Waals surface area contributed by atoms with E-state index in [9.17, 15) is 0 Å². The van der Waals surface area contributed by atoms with E-state index in [1.807, 2.05) is 0 Å². The molecule has 4 heterocycles. The summed E-state index contributed by atoms with van der Waals surface area (Å²) in [7, 11) is -2.73. The van der Waals surface area contributed by atoms with Gasteiger partial charge in [0, 0.05) is 17.2 Å². The summed E-state index contributed by atoms with van der Waals surface area (Å²) in [5.74, 6) is 1.14. The van der Waals surface area contributed by atoms with Gasteiger partial charge in [-0.1, -0.05) is 205 Å². The van der Waals surface area contributed by atoms with Gasteiger partial charge in [-0.2, -0.15) is 0 Å². The standard InChI is InChI=1S/C63H51NOSi/c1-61(2,3)38-27-30-41-42-31-28-39(62(4,5)6)36-52(42)63(51(41)35-38)49-21-11-12-22-53(49)64(59-50(63)34-33-48-43-17-7-13-23-54(43)65-60(48)59)40-29-32-47-46-20-10-16-26-57(46)66(58(47)37-40)55-24-14-8-18-44(55)45-19-9-15-25-56(45)66/h7-37,43,54H,1-6H3. The van der Waals surface area contributed by atoms with Gasteiger partial charge in [0.15, 0.2) is 8.07 Å². The summed E-state index contributed by atoms with van der Waals surface area (Å²) in [5, 5.41) is 5.93. The summed E-state index contributed by atoms with van der Waals surface area (Å²) < 4.78 is 7.37. The van der Waals surface area contributed by atoms with E-state index >= 15 is 0 Å². The molecule has 0 aromatic heterocycles. The molecule has 318 valence electrons. The van der Waals surface area contributed by atoms with Gasteiger partial charge in [-0.05, 0) is 123 Å². The summed E-state index contributed by atoms with van der Waals surface area (Å²) in [6.07, 6.45) is 8.86. The maximum Gasteiger partial charge on any atom is 0.182 e. The number of fused-ring (bicyclic) bond motifs is 23. The fraction of sp³-hybridized carbons (Fsp3) is 0.175. The van der Waals surface area contributed by atoms with Crippen LogP contribution in [0.1, 0.15) is 86.4 Å². The van der Waals surface area contributed by atoms with Gasteiger partial charge in [0.05, 0.1) is 16.8 Å². The Kier molecular flexibility index (Phi) is 7.49. The van der Waals surface area contributed by atoms with Crippen molar-refractivity contribution in [3.8, 4) is 39.1 Å². The van der Waals surface area contributed by atoms with Crippen molar-refractivity contribution >= 4 is 45.9 Å². The molecule has 4 aliphatic heterocycles. The fourth-order valence-electron chi connectivity index (χ4n) is 13.2. The number of hydrogen-bond donors (Lipinski definition) is 0. The first-order valence-electron chi connectivity index (χ1n) is 23.8. The van der Waals surface area contributed by atoms with Crippen molar-refractivity contribution in [2.45, 2.75) is 69.8 Å². The van der Waals surface area contributed by atoms with Gasteiger partial charge in [-0.25, -0.2) is 0 Å². The van der Waals surface area contributed by atoms with Gasteiger partial charge >= 0.3 is 0 Å². The molecule has 2 unspecified atom stereocenters. The average Bonchev–Trinajstić information content (AvgIpc) is 4.04. The topological polar surface area (TPSA) is 12.5 Å². The Morgan fingerprint density at radius 1 is 0.470 bits per heavy atom. The van der Waals surface area contributed by atoms with E-state index in [0.717, 1.165) is 11.4 Å². The summed E-state index contributed by atoms with van der Waals surface area (Å²) in [5.41, 5.74) is 20.2. The first-order chi connectivity index (χ1) is 32.0. The number of hydrogen-bond acceptors (Lipinski definition) is 2. The molecule has 2 nitrogen and oxygen atoms in total. The van der Waals surface area contributed by atoms with Crippen LogP contribution in [-0.2, 0) is 16.2 Å². The second-order valence-electron chi connectivity index (χ2n) is 21.5.